The van der Waals surface area contributed by atoms with Crippen molar-refractivity contribution in [1.29, 1.82) is 0 Å². The summed E-state index contributed by atoms with van der Waals surface area (Å²) >= 11 is 0. The monoisotopic (exact) mass is 343 g/mol. The molecule has 0 radical (unpaired) electrons. The summed E-state index contributed by atoms with van der Waals surface area (Å²) in [6.07, 6.45) is 20.9. The molecular formula is C20H41NO3. The zero-order chi connectivity index (χ0) is 18.5. The Hall–Kier alpha value is -1.06. The van der Waals surface area contributed by atoms with Crippen molar-refractivity contribution >= 4 is 11.9 Å². The van der Waals surface area contributed by atoms with Crippen molar-refractivity contribution in [3.63, 3.8) is 0 Å². The minimum Gasteiger partial charge on any atom is -0.481 e. The van der Waals surface area contributed by atoms with Gasteiger partial charge in [0.25, 0.3) is 5.97 Å². The Labute approximate surface area is 149 Å². The molecule has 24 heavy (non-hydrogen) atoms. The van der Waals surface area contributed by atoms with Gasteiger partial charge in [0.05, 0.1) is 0 Å². The highest BCUT2D eigenvalue weighted by molar-refractivity contribution is 5.73. The summed E-state index contributed by atoms with van der Waals surface area (Å²) in [6.45, 7) is 3.36. The Bertz CT molecular complexity index is 276. The van der Waals surface area contributed by atoms with Crippen molar-refractivity contribution < 1.29 is 14.7 Å². The van der Waals surface area contributed by atoms with Crippen LogP contribution < -0.4 is 5.73 Å². The van der Waals surface area contributed by atoms with Crippen LogP contribution in [0, 0.1) is 0 Å². The van der Waals surface area contributed by atoms with E-state index in [-0.39, 0.29) is 5.91 Å². The topological polar surface area (TPSA) is 80.4 Å². The molecular weight excluding hydrogens is 302 g/mol. The molecule has 0 saturated heterocycles. The van der Waals surface area contributed by atoms with Gasteiger partial charge in [0.1, 0.15) is 0 Å². The van der Waals surface area contributed by atoms with Crippen LogP contribution in [-0.4, -0.2) is 17.0 Å². The second-order valence-electron chi connectivity index (χ2n) is 6.69. The summed E-state index contributed by atoms with van der Waals surface area (Å²) in [5, 5.41) is 7.42. The number of rotatable bonds is 16. The predicted molar refractivity (Wildman–Crippen MR) is 102 cm³/mol. The quantitative estimate of drug-likeness (QED) is 0.346. The molecule has 0 aliphatic carbocycles. The van der Waals surface area contributed by atoms with Gasteiger partial charge >= 0.3 is 0 Å². The minimum absolute atomic E-state index is 0.153. The van der Waals surface area contributed by atoms with E-state index in [1.807, 2.05) is 0 Å². The molecule has 4 heteroatoms. The van der Waals surface area contributed by atoms with Crippen LogP contribution in [0.4, 0.5) is 0 Å². The van der Waals surface area contributed by atoms with E-state index in [0.717, 1.165) is 13.3 Å². The lowest BCUT2D eigenvalue weighted by Crippen LogP contribution is -2.09. The van der Waals surface area contributed by atoms with Gasteiger partial charge in [0.2, 0.25) is 5.91 Å². The highest BCUT2D eigenvalue weighted by atomic mass is 16.4. The maximum Gasteiger partial charge on any atom is 0.300 e. The van der Waals surface area contributed by atoms with Crippen LogP contribution in [0.15, 0.2) is 0 Å². The molecule has 3 N–H and O–H groups in total. The van der Waals surface area contributed by atoms with Crippen molar-refractivity contribution in [2.45, 2.75) is 117 Å². The van der Waals surface area contributed by atoms with E-state index in [9.17, 15) is 4.79 Å². The second-order valence-corrected chi connectivity index (χ2v) is 6.69. The van der Waals surface area contributed by atoms with E-state index in [4.69, 9.17) is 15.6 Å². The molecule has 0 heterocycles. The first-order valence-electron chi connectivity index (χ1n) is 9.98. The molecule has 0 saturated carbocycles. The molecule has 0 aromatic rings. The first-order chi connectivity index (χ1) is 11.5. The summed E-state index contributed by atoms with van der Waals surface area (Å²) in [4.78, 5) is 19.6. The van der Waals surface area contributed by atoms with Crippen molar-refractivity contribution in [2.75, 3.05) is 0 Å². The molecule has 0 aromatic carbocycles. The van der Waals surface area contributed by atoms with Gasteiger partial charge in [-0.2, -0.15) is 0 Å². The maximum absolute atomic E-state index is 10.6. The third-order valence-electron chi connectivity index (χ3n) is 4.03. The van der Waals surface area contributed by atoms with Crippen molar-refractivity contribution in [1.82, 2.24) is 0 Å². The first kappa shape index (κ1) is 25.2. The Morgan fingerprint density at radius 1 is 0.667 bits per heavy atom. The Kier molecular flexibility index (Phi) is 23.0. The minimum atomic E-state index is -0.833. The van der Waals surface area contributed by atoms with E-state index in [2.05, 4.69) is 6.92 Å². The Balaban J connectivity index is 0. The van der Waals surface area contributed by atoms with Crippen LogP contribution in [0.1, 0.15) is 117 Å². The average Bonchev–Trinajstić information content (AvgIpc) is 2.50. The second kappa shape index (κ2) is 21.9. The van der Waals surface area contributed by atoms with Crippen molar-refractivity contribution in [3.05, 3.63) is 0 Å². The van der Waals surface area contributed by atoms with Gasteiger partial charge in [-0.3, -0.25) is 9.59 Å². The van der Waals surface area contributed by atoms with Gasteiger partial charge in [-0.05, 0) is 6.42 Å². The van der Waals surface area contributed by atoms with Crippen LogP contribution in [-0.2, 0) is 9.59 Å². The molecule has 0 atom stereocenters. The number of unbranched alkanes of at least 4 members (excludes halogenated alkanes) is 14. The SMILES string of the molecule is CC(=O)O.CCCCCCCCCCCCCCCCCC(N)=O. The zero-order valence-corrected chi connectivity index (χ0v) is 16.2. The fraction of sp³-hybridized carbons (Fsp3) is 0.900. The lowest BCUT2D eigenvalue weighted by molar-refractivity contribution is -0.134. The third kappa shape index (κ3) is 32.8. The van der Waals surface area contributed by atoms with Crippen LogP contribution in [0.25, 0.3) is 0 Å². The molecule has 0 rings (SSSR count). The van der Waals surface area contributed by atoms with Crippen LogP contribution >= 0.6 is 0 Å². The van der Waals surface area contributed by atoms with E-state index in [1.54, 1.807) is 0 Å². The van der Waals surface area contributed by atoms with E-state index in [1.165, 1.54) is 89.9 Å². The fourth-order valence-corrected chi connectivity index (χ4v) is 2.67. The van der Waals surface area contributed by atoms with E-state index < -0.39 is 5.97 Å². The van der Waals surface area contributed by atoms with Crippen LogP contribution in [0.3, 0.4) is 0 Å². The number of primary amides is 1. The molecule has 1 amide bonds. The largest absolute Gasteiger partial charge is 0.481 e. The average molecular weight is 344 g/mol. The fourth-order valence-electron chi connectivity index (χ4n) is 2.67. The van der Waals surface area contributed by atoms with Gasteiger partial charge in [-0.1, -0.05) is 96.8 Å². The lowest BCUT2D eigenvalue weighted by atomic mass is 10.0. The Morgan fingerprint density at radius 3 is 1.17 bits per heavy atom. The highest BCUT2D eigenvalue weighted by Crippen LogP contribution is 2.13. The van der Waals surface area contributed by atoms with Crippen LogP contribution in [0.5, 0.6) is 0 Å². The Morgan fingerprint density at radius 2 is 0.917 bits per heavy atom. The van der Waals surface area contributed by atoms with Gasteiger partial charge in [0, 0.05) is 13.3 Å². The zero-order valence-electron chi connectivity index (χ0n) is 16.2. The number of nitrogens with two attached hydrogens (primary N) is 1. The number of hydrogen-bond donors (Lipinski definition) is 2. The number of aliphatic carboxylic acids is 1. The number of carboxylic acid groups (broad SMARTS) is 1. The van der Waals surface area contributed by atoms with E-state index in [0.29, 0.717) is 6.42 Å². The predicted octanol–water partition coefficient (Wildman–Crippen LogP) is 5.82. The smallest absolute Gasteiger partial charge is 0.300 e. The summed E-state index contributed by atoms with van der Waals surface area (Å²) in [5.41, 5.74) is 5.11. The van der Waals surface area contributed by atoms with Gasteiger partial charge in [-0.25, -0.2) is 0 Å². The highest BCUT2D eigenvalue weighted by Gasteiger charge is 1.96. The summed E-state index contributed by atoms with van der Waals surface area (Å²) in [6, 6.07) is 0. The van der Waals surface area contributed by atoms with E-state index >= 15 is 0 Å². The molecule has 144 valence electrons. The summed E-state index contributed by atoms with van der Waals surface area (Å²) in [7, 11) is 0. The molecule has 4 nitrogen and oxygen atoms in total. The standard InChI is InChI=1S/C18H37NO.C2H4O2/c1-2-3-4-5-6-7-8-9-10-11-12-13-14-15-16-17-18(19)20;1-2(3)4/h2-17H2,1H3,(H2,19,20);1H3,(H,3,4). The molecule has 0 bridgehead atoms. The normalized spacial score (nSPS) is 10.1. The first-order valence-corrected chi connectivity index (χ1v) is 9.98. The number of carbonyl (C=O) groups is 2. The summed E-state index contributed by atoms with van der Waals surface area (Å²) in [5.74, 6) is -0.986. The maximum atomic E-state index is 10.6. The van der Waals surface area contributed by atoms with Gasteiger partial charge in [0.15, 0.2) is 0 Å². The number of amides is 1. The van der Waals surface area contributed by atoms with Crippen LogP contribution in [0.2, 0.25) is 0 Å². The molecule has 0 unspecified atom stereocenters. The molecule has 0 aromatic heterocycles. The summed E-state index contributed by atoms with van der Waals surface area (Å²) < 4.78 is 0. The lowest BCUT2D eigenvalue weighted by Gasteiger charge is -2.03. The van der Waals surface area contributed by atoms with Gasteiger partial charge in [-0.15, -0.1) is 0 Å². The number of carbonyl (C=O) groups excluding carboxylic acids is 1. The molecule has 0 fully saturated rings. The molecule has 0 aliphatic rings. The molecule has 0 spiro atoms. The third-order valence-corrected chi connectivity index (χ3v) is 4.03. The number of hydrogen-bond acceptors (Lipinski definition) is 2. The number of carboxylic acids is 1. The molecule has 0 aliphatic heterocycles. The van der Waals surface area contributed by atoms with Crippen molar-refractivity contribution in [2.24, 2.45) is 5.73 Å². The van der Waals surface area contributed by atoms with Gasteiger partial charge < -0.3 is 10.8 Å². The van der Waals surface area contributed by atoms with Crippen molar-refractivity contribution in [3.8, 4) is 0 Å².